The van der Waals surface area contributed by atoms with Crippen LogP contribution in [0, 0.1) is 5.92 Å². The highest BCUT2D eigenvalue weighted by atomic mass is 32.2. The van der Waals surface area contributed by atoms with E-state index in [1.807, 2.05) is 24.3 Å². The van der Waals surface area contributed by atoms with Gasteiger partial charge < -0.3 is 9.64 Å². The van der Waals surface area contributed by atoms with Crippen LogP contribution in [0.2, 0.25) is 0 Å². The molecule has 0 spiro atoms. The van der Waals surface area contributed by atoms with Crippen molar-refractivity contribution in [3.05, 3.63) is 29.8 Å². The lowest BCUT2D eigenvalue weighted by atomic mass is 10.1. The van der Waals surface area contributed by atoms with Crippen LogP contribution in [0.4, 0.5) is 0 Å². The van der Waals surface area contributed by atoms with Crippen molar-refractivity contribution < 1.29 is 17.9 Å². The molecule has 0 unspecified atom stereocenters. The molecule has 2 rings (SSSR count). The highest BCUT2D eigenvalue weighted by molar-refractivity contribution is 7.91. The number of amides is 1. The van der Waals surface area contributed by atoms with E-state index in [0.29, 0.717) is 13.0 Å². The van der Waals surface area contributed by atoms with Gasteiger partial charge in [0.1, 0.15) is 5.75 Å². The molecule has 1 fully saturated rings. The molecule has 0 aromatic heterocycles. The lowest BCUT2D eigenvalue weighted by Gasteiger charge is -2.20. The average Bonchev–Trinajstić information content (AvgIpc) is 2.78. The van der Waals surface area contributed by atoms with Gasteiger partial charge in [0, 0.05) is 13.6 Å². The maximum atomic E-state index is 12.2. The van der Waals surface area contributed by atoms with Crippen LogP contribution >= 0.6 is 0 Å². The molecule has 0 radical (unpaired) electrons. The number of hydrogen-bond acceptors (Lipinski definition) is 4. The molecule has 1 aromatic rings. The molecule has 1 aromatic carbocycles. The summed E-state index contributed by atoms with van der Waals surface area (Å²) in [5, 5.41) is 0. The van der Waals surface area contributed by atoms with Crippen molar-refractivity contribution in [2.45, 2.75) is 13.0 Å². The summed E-state index contributed by atoms with van der Waals surface area (Å²) in [5.41, 5.74) is 0.959. The first-order chi connectivity index (χ1) is 9.41. The number of benzene rings is 1. The van der Waals surface area contributed by atoms with Crippen molar-refractivity contribution in [3.8, 4) is 5.75 Å². The summed E-state index contributed by atoms with van der Waals surface area (Å²) in [4.78, 5) is 13.8. The molecule has 1 atom stereocenters. The van der Waals surface area contributed by atoms with Crippen LogP contribution in [0.25, 0.3) is 0 Å². The van der Waals surface area contributed by atoms with Gasteiger partial charge in [0.15, 0.2) is 9.84 Å². The molecule has 0 N–H and O–H groups in total. The standard InChI is InChI=1S/C14H19NO4S/c1-15(9-11-4-3-5-13(8-11)19-2)14(16)12-6-7-20(17,18)10-12/h3-5,8,12H,6-7,9-10H2,1-2H3/t12-/m1/s1. The van der Waals surface area contributed by atoms with Crippen molar-refractivity contribution >= 4 is 15.7 Å². The second-order valence-corrected chi connectivity index (χ2v) is 7.37. The second-order valence-electron chi connectivity index (χ2n) is 5.15. The molecule has 110 valence electrons. The van der Waals surface area contributed by atoms with E-state index >= 15 is 0 Å². The minimum Gasteiger partial charge on any atom is -0.497 e. The Kier molecular flexibility index (Phi) is 4.32. The molecule has 0 bridgehead atoms. The molecular formula is C14H19NO4S. The van der Waals surface area contributed by atoms with E-state index in [1.54, 1.807) is 19.1 Å². The van der Waals surface area contributed by atoms with Crippen molar-refractivity contribution in [2.24, 2.45) is 5.92 Å². The Bertz CT molecular complexity index is 597. The zero-order valence-corrected chi connectivity index (χ0v) is 12.5. The second kappa shape index (κ2) is 5.83. The van der Waals surface area contributed by atoms with Gasteiger partial charge in [-0.05, 0) is 24.1 Å². The van der Waals surface area contributed by atoms with E-state index < -0.39 is 15.8 Å². The SMILES string of the molecule is COc1cccc(CN(C)C(=O)[C@@H]2CCS(=O)(=O)C2)c1. The van der Waals surface area contributed by atoms with E-state index in [1.165, 1.54) is 0 Å². The average molecular weight is 297 g/mol. The molecule has 1 saturated heterocycles. The Morgan fingerprint density at radius 3 is 2.80 bits per heavy atom. The summed E-state index contributed by atoms with van der Waals surface area (Å²) in [7, 11) is 0.271. The third-order valence-electron chi connectivity index (χ3n) is 3.51. The molecule has 0 aliphatic carbocycles. The molecule has 1 aliphatic heterocycles. The number of rotatable bonds is 4. The van der Waals surface area contributed by atoms with E-state index in [0.717, 1.165) is 11.3 Å². The van der Waals surface area contributed by atoms with Gasteiger partial charge in [-0.25, -0.2) is 8.42 Å². The van der Waals surface area contributed by atoms with E-state index in [-0.39, 0.29) is 17.4 Å². The number of hydrogen-bond donors (Lipinski definition) is 0. The Hall–Kier alpha value is -1.56. The topological polar surface area (TPSA) is 63.7 Å². The first-order valence-corrected chi connectivity index (χ1v) is 8.32. The van der Waals surface area contributed by atoms with E-state index in [4.69, 9.17) is 4.74 Å². The van der Waals surface area contributed by atoms with Gasteiger partial charge >= 0.3 is 0 Å². The highest BCUT2D eigenvalue weighted by Crippen LogP contribution is 2.21. The summed E-state index contributed by atoms with van der Waals surface area (Å²) in [6.07, 6.45) is 0.434. The largest absolute Gasteiger partial charge is 0.497 e. The quantitative estimate of drug-likeness (QED) is 0.834. The summed E-state index contributed by atoms with van der Waals surface area (Å²) in [5.74, 6) is 0.348. The fourth-order valence-electron chi connectivity index (χ4n) is 2.42. The van der Waals surface area contributed by atoms with Gasteiger partial charge in [-0.3, -0.25) is 4.79 Å². The number of carbonyl (C=O) groups excluding carboxylic acids is 1. The lowest BCUT2D eigenvalue weighted by Crippen LogP contribution is -2.33. The smallest absolute Gasteiger partial charge is 0.226 e. The Labute approximate surface area is 119 Å². The third kappa shape index (κ3) is 3.50. The number of ether oxygens (including phenoxy) is 1. The fraction of sp³-hybridized carbons (Fsp3) is 0.500. The Morgan fingerprint density at radius 1 is 1.45 bits per heavy atom. The van der Waals surface area contributed by atoms with Crippen LogP contribution in [0.15, 0.2) is 24.3 Å². The summed E-state index contributed by atoms with van der Waals surface area (Å²) in [6, 6.07) is 7.49. The molecule has 1 amide bonds. The van der Waals surface area contributed by atoms with Crippen molar-refractivity contribution in [1.29, 1.82) is 0 Å². The van der Waals surface area contributed by atoms with Crippen LogP contribution in [0.5, 0.6) is 5.75 Å². The molecule has 6 heteroatoms. The molecular weight excluding hydrogens is 278 g/mol. The monoisotopic (exact) mass is 297 g/mol. The van der Waals surface area contributed by atoms with Gasteiger partial charge in [0.25, 0.3) is 0 Å². The first kappa shape index (κ1) is 14.8. The predicted octanol–water partition coefficient (Wildman–Crippen LogP) is 1.09. The minimum absolute atomic E-state index is 0.0196. The third-order valence-corrected chi connectivity index (χ3v) is 5.28. The molecule has 5 nitrogen and oxygen atoms in total. The first-order valence-electron chi connectivity index (χ1n) is 6.49. The zero-order chi connectivity index (χ0) is 14.8. The van der Waals surface area contributed by atoms with Gasteiger partial charge in [-0.15, -0.1) is 0 Å². The molecule has 1 heterocycles. The summed E-state index contributed by atoms with van der Waals surface area (Å²) < 4.78 is 28.0. The minimum atomic E-state index is -3.03. The van der Waals surface area contributed by atoms with Crippen LogP contribution < -0.4 is 4.74 Å². The number of carbonyl (C=O) groups is 1. The molecule has 0 saturated carbocycles. The van der Waals surface area contributed by atoms with Crippen molar-refractivity contribution in [3.63, 3.8) is 0 Å². The normalized spacial score (nSPS) is 20.6. The molecule has 20 heavy (non-hydrogen) atoms. The van der Waals surface area contributed by atoms with Gasteiger partial charge in [-0.1, -0.05) is 12.1 Å². The zero-order valence-electron chi connectivity index (χ0n) is 11.7. The van der Waals surface area contributed by atoms with Crippen LogP contribution in [0.3, 0.4) is 0 Å². The summed E-state index contributed by atoms with van der Waals surface area (Å²) in [6.45, 7) is 0.451. The number of nitrogens with zero attached hydrogens (tertiary/aromatic N) is 1. The van der Waals surface area contributed by atoms with Gasteiger partial charge in [-0.2, -0.15) is 0 Å². The maximum Gasteiger partial charge on any atom is 0.226 e. The molecule has 1 aliphatic rings. The Balaban J connectivity index is 2.01. The maximum absolute atomic E-state index is 12.2. The Morgan fingerprint density at radius 2 is 2.20 bits per heavy atom. The number of methoxy groups -OCH3 is 1. The van der Waals surface area contributed by atoms with Crippen LogP contribution in [-0.4, -0.2) is 44.9 Å². The van der Waals surface area contributed by atoms with Crippen molar-refractivity contribution in [1.82, 2.24) is 4.90 Å². The lowest BCUT2D eigenvalue weighted by molar-refractivity contribution is -0.133. The fourth-order valence-corrected chi connectivity index (χ4v) is 4.16. The highest BCUT2D eigenvalue weighted by Gasteiger charge is 2.34. The predicted molar refractivity (Wildman–Crippen MR) is 76.2 cm³/mol. The van der Waals surface area contributed by atoms with Gasteiger partial charge in [0.05, 0.1) is 24.5 Å². The summed E-state index contributed by atoms with van der Waals surface area (Å²) >= 11 is 0. The number of sulfone groups is 1. The van der Waals surface area contributed by atoms with Crippen LogP contribution in [0.1, 0.15) is 12.0 Å². The van der Waals surface area contributed by atoms with Crippen LogP contribution in [-0.2, 0) is 21.2 Å². The van der Waals surface area contributed by atoms with E-state index in [2.05, 4.69) is 0 Å². The van der Waals surface area contributed by atoms with Crippen molar-refractivity contribution in [2.75, 3.05) is 25.7 Å². The van der Waals surface area contributed by atoms with E-state index in [9.17, 15) is 13.2 Å². The van der Waals surface area contributed by atoms with Gasteiger partial charge in [0.2, 0.25) is 5.91 Å².